The maximum atomic E-state index is 12.3. The molecule has 0 saturated heterocycles. The van der Waals surface area contributed by atoms with Crippen LogP contribution in [-0.2, 0) is 25.4 Å². The first-order chi connectivity index (χ1) is 11.8. The Labute approximate surface area is 160 Å². The second-order valence-electron chi connectivity index (χ2n) is 5.42. The van der Waals surface area contributed by atoms with E-state index in [1.54, 1.807) is 12.1 Å². The summed E-state index contributed by atoms with van der Waals surface area (Å²) >= 11 is 8.23. The van der Waals surface area contributed by atoms with Crippen LogP contribution >= 0.6 is 34.2 Å². The van der Waals surface area contributed by atoms with Crippen LogP contribution in [0.5, 0.6) is 0 Å². The number of aromatic nitrogens is 4. The minimum Gasteiger partial charge on any atom is -0.323 e. The van der Waals surface area contributed by atoms with Gasteiger partial charge in [0.15, 0.2) is 5.52 Å². The van der Waals surface area contributed by atoms with Gasteiger partial charge in [0.05, 0.1) is 17.0 Å². The van der Waals surface area contributed by atoms with Gasteiger partial charge in [-0.3, -0.25) is 18.7 Å². The predicted molar refractivity (Wildman–Crippen MR) is 103 cm³/mol. The van der Waals surface area contributed by atoms with Gasteiger partial charge < -0.3 is 9.88 Å². The highest BCUT2D eigenvalue weighted by Crippen LogP contribution is 2.23. The Hall–Kier alpha value is -2.14. The zero-order chi connectivity index (χ0) is 18.3. The first-order valence-corrected chi connectivity index (χ1v) is 8.61. The molecule has 0 spiro atoms. The Morgan fingerprint density at radius 1 is 1.28 bits per heavy atom. The molecule has 2 aromatic heterocycles. The maximum absolute atomic E-state index is 12.3. The number of rotatable bonds is 3. The van der Waals surface area contributed by atoms with Crippen LogP contribution in [-0.4, -0.2) is 24.6 Å². The van der Waals surface area contributed by atoms with Gasteiger partial charge in [-0.05, 0) is 40.8 Å². The molecule has 25 heavy (non-hydrogen) atoms. The van der Waals surface area contributed by atoms with Gasteiger partial charge in [0.1, 0.15) is 12.2 Å². The third-order valence-corrected chi connectivity index (χ3v) is 4.71. The summed E-state index contributed by atoms with van der Waals surface area (Å²) in [4.78, 5) is 40.5. The highest BCUT2D eigenvalue weighted by molar-refractivity contribution is 14.1. The molecule has 0 saturated carbocycles. The SMILES string of the molecule is Cn1c(=O)c2ncn(CC(=O)Nc3ccc(I)cc3Cl)c2n(C)c1=O. The second kappa shape index (κ2) is 6.64. The summed E-state index contributed by atoms with van der Waals surface area (Å²) in [5.74, 6) is -0.351. The first kappa shape index (κ1) is 17.7. The molecule has 8 nitrogen and oxygen atoms in total. The summed E-state index contributed by atoms with van der Waals surface area (Å²) in [6.45, 7) is -0.112. The van der Waals surface area contributed by atoms with Gasteiger partial charge in [0, 0.05) is 17.7 Å². The van der Waals surface area contributed by atoms with E-state index in [-0.39, 0.29) is 23.6 Å². The minimum absolute atomic E-state index is 0.112. The molecule has 0 atom stereocenters. The fourth-order valence-corrected chi connectivity index (χ4v) is 3.39. The molecule has 2 heterocycles. The highest BCUT2D eigenvalue weighted by Gasteiger charge is 2.16. The van der Waals surface area contributed by atoms with Gasteiger partial charge in [-0.2, -0.15) is 0 Å². The molecule has 1 aromatic carbocycles. The Morgan fingerprint density at radius 2 is 2.00 bits per heavy atom. The van der Waals surface area contributed by atoms with E-state index in [2.05, 4.69) is 32.9 Å². The lowest BCUT2D eigenvalue weighted by Crippen LogP contribution is -2.37. The predicted octanol–water partition coefficient (Wildman–Crippen LogP) is 1.33. The smallest absolute Gasteiger partial charge is 0.323 e. The molecule has 1 N–H and O–H groups in total. The van der Waals surface area contributed by atoms with E-state index in [0.29, 0.717) is 10.7 Å². The molecule has 3 rings (SSSR count). The van der Waals surface area contributed by atoms with Crippen LogP contribution in [0, 0.1) is 3.57 Å². The standard InChI is InChI=1S/C15H13ClIN5O3/c1-20-13-12(14(24)21(2)15(20)25)18-7-22(13)6-11(23)19-10-4-3-8(17)5-9(10)16/h3-5,7H,6H2,1-2H3,(H,19,23). The second-order valence-corrected chi connectivity index (χ2v) is 7.08. The third kappa shape index (κ3) is 3.21. The topological polar surface area (TPSA) is 90.9 Å². The van der Waals surface area contributed by atoms with Crippen LogP contribution in [0.15, 0.2) is 34.1 Å². The maximum Gasteiger partial charge on any atom is 0.332 e. The molecule has 130 valence electrons. The van der Waals surface area contributed by atoms with Gasteiger partial charge in [-0.25, -0.2) is 9.78 Å². The Balaban J connectivity index is 1.94. The number of aryl methyl sites for hydroxylation is 1. The van der Waals surface area contributed by atoms with Crippen molar-refractivity contribution in [2.45, 2.75) is 6.54 Å². The summed E-state index contributed by atoms with van der Waals surface area (Å²) in [6, 6.07) is 5.26. The average molecular weight is 474 g/mol. The number of amides is 1. The van der Waals surface area contributed by atoms with Crippen LogP contribution in [0.1, 0.15) is 0 Å². The minimum atomic E-state index is -0.502. The number of benzene rings is 1. The number of imidazole rings is 1. The van der Waals surface area contributed by atoms with Crippen molar-refractivity contribution >= 4 is 57.0 Å². The van der Waals surface area contributed by atoms with Crippen LogP contribution in [0.3, 0.4) is 0 Å². The molecule has 0 aliphatic heterocycles. The summed E-state index contributed by atoms with van der Waals surface area (Å²) in [7, 11) is 2.91. The number of nitrogens with one attached hydrogen (secondary N) is 1. The number of halogens is 2. The summed E-state index contributed by atoms with van der Waals surface area (Å²) in [6.07, 6.45) is 1.36. The molecule has 1 amide bonds. The normalized spacial score (nSPS) is 11.0. The molecule has 0 aliphatic carbocycles. The number of hydrogen-bond acceptors (Lipinski definition) is 4. The fraction of sp³-hybridized carbons (Fsp3) is 0.200. The molecule has 0 unspecified atom stereocenters. The number of fused-ring (bicyclic) bond motifs is 1. The fourth-order valence-electron chi connectivity index (χ4n) is 2.49. The molecule has 10 heteroatoms. The third-order valence-electron chi connectivity index (χ3n) is 3.73. The quantitative estimate of drug-likeness (QED) is 0.581. The molecule has 0 fully saturated rings. The Bertz CT molecular complexity index is 1110. The zero-order valence-corrected chi connectivity index (χ0v) is 16.2. The van der Waals surface area contributed by atoms with Crippen molar-refractivity contribution in [1.29, 1.82) is 0 Å². The Morgan fingerprint density at radius 3 is 2.68 bits per heavy atom. The lowest BCUT2D eigenvalue weighted by molar-refractivity contribution is -0.116. The van der Waals surface area contributed by atoms with E-state index < -0.39 is 11.2 Å². The zero-order valence-electron chi connectivity index (χ0n) is 13.3. The van der Waals surface area contributed by atoms with Crippen molar-refractivity contribution < 1.29 is 4.79 Å². The number of anilines is 1. The number of nitrogens with zero attached hydrogens (tertiary/aromatic N) is 4. The number of carbonyl (C=O) groups excluding carboxylic acids is 1. The van der Waals surface area contributed by atoms with E-state index in [9.17, 15) is 14.4 Å². The molecule has 0 aliphatic rings. The summed E-state index contributed by atoms with van der Waals surface area (Å²) < 4.78 is 4.67. The van der Waals surface area contributed by atoms with Crippen LogP contribution in [0.4, 0.5) is 5.69 Å². The monoisotopic (exact) mass is 473 g/mol. The van der Waals surface area contributed by atoms with Crippen molar-refractivity contribution in [1.82, 2.24) is 18.7 Å². The van der Waals surface area contributed by atoms with Gasteiger partial charge in [-0.15, -0.1) is 0 Å². The number of carbonyl (C=O) groups is 1. The van der Waals surface area contributed by atoms with Crippen LogP contribution in [0.2, 0.25) is 5.02 Å². The van der Waals surface area contributed by atoms with Crippen molar-refractivity contribution in [3.05, 3.63) is 54.0 Å². The molecular formula is C15H13ClIN5O3. The largest absolute Gasteiger partial charge is 0.332 e. The summed E-state index contributed by atoms with van der Waals surface area (Å²) in [5.41, 5.74) is -0.0822. The van der Waals surface area contributed by atoms with E-state index >= 15 is 0 Å². The Kier molecular flexibility index (Phi) is 4.69. The van der Waals surface area contributed by atoms with Gasteiger partial charge >= 0.3 is 5.69 Å². The molecule has 3 aromatic rings. The molecule has 0 radical (unpaired) electrons. The van der Waals surface area contributed by atoms with Crippen molar-refractivity contribution in [2.75, 3.05) is 5.32 Å². The van der Waals surface area contributed by atoms with Crippen LogP contribution < -0.4 is 16.6 Å². The van der Waals surface area contributed by atoms with E-state index in [1.165, 1.54) is 29.6 Å². The van der Waals surface area contributed by atoms with Crippen LogP contribution in [0.25, 0.3) is 11.2 Å². The van der Waals surface area contributed by atoms with Gasteiger partial charge in [0.25, 0.3) is 5.56 Å². The number of hydrogen-bond donors (Lipinski definition) is 1. The highest BCUT2D eigenvalue weighted by atomic mass is 127. The van der Waals surface area contributed by atoms with Gasteiger partial charge in [-0.1, -0.05) is 11.6 Å². The van der Waals surface area contributed by atoms with Crippen molar-refractivity contribution in [2.24, 2.45) is 14.1 Å². The van der Waals surface area contributed by atoms with Crippen molar-refractivity contribution in [3.63, 3.8) is 0 Å². The molecular weight excluding hydrogens is 461 g/mol. The first-order valence-electron chi connectivity index (χ1n) is 7.15. The van der Waals surface area contributed by atoms with E-state index in [1.807, 2.05) is 6.07 Å². The molecule has 0 bridgehead atoms. The van der Waals surface area contributed by atoms with E-state index in [0.717, 1.165) is 8.14 Å². The lowest BCUT2D eigenvalue weighted by Gasteiger charge is -2.10. The average Bonchev–Trinajstić information content (AvgIpc) is 2.97. The van der Waals surface area contributed by atoms with Crippen molar-refractivity contribution in [3.8, 4) is 0 Å². The lowest BCUT2D eigenvalue weighted by atomic mass is 10.3. The summed E-state index contributed by atoms with van der Waals surface area (Å²) in [5, 5.41) is 3.13. The van der Waals surface area contributed by atoms with E-state index in [4.69, 9.17) is 11.6 Å². The van der Waals surface area contributed by atoms with Gasteiger partial charge in [0.2, 0.25) is 5.91 Å².